The van der Waals surface area contributed by atoms with E-state index in [1.807, 2.05) is 6.07 Å². The number of hydrogen-bond donors (Lipinski definition) is 2. The predicted octanol–water partition coefficient (Wildman–Crippen LogP) is 2.25. The summed E-state index contributed by atoms with van der Waals surface area (Å²) < 4.78 is 37.4. The number of halogens is 2. The van der Waals surface area contributed by atoms with E-state index in [0.717, 1.165) is 23.8 Å². The van der Waals surface area contributed by atoms with Crippen molar-refractivity contribution in [3.63, 3.8) is 0 Å². The van der Waals surface area contributed by atoms with Crippen molar-refractivity contribution in [1.29, 1.82) is 0 Å². The van der Waals surface area contributed by atoms with Crippen molar-refractivity contribution in [3.8, 4) is 5.88 Å². The third-order valence-electron chi connectivity index (χ3n) is 3.50. The van der Waals surface area contributed by atoms with Crippen LogP contribution >= 0.6 is 0 Å². The van der Waals surface area contributed by atoms with Gasteiger partial charge in [-0.1, -0.05) is 6.07 Å². The van der Waals surface area contributed by atoms with Crippen molar-refractivity contribution in [2.45, 2.75) is 13.1 Å². The molecule has 1 aromatic heterocycles. The number of ether oxygens (including phenoxy) is 2. The van der Waals surface area contributed by atoms with E-state index in [1.165, 1.54) is 0 Å². The van der Waals surface area contributed by atoms with Crippen LogP contribution in [0.15, 0.2) is 41.5 Å². The Morgan fingerprint density at radius 1 is 1.12 bits per heavy atom. The highest BCUT2D eigenvalue weighted by atomic mass is 19.1. The zero-order valence-electron chi connectivity index (χ0n) is 14.8. The first-order valence-electron chi connectivity index (χ1n) is 8.08. The Labute approximate surface area is 151 Å². The van der Waals surface area contributed by atoms with Crippen LogP contribution in [0.5, 0.6) is 5.88 Å². The Bertz CT molecular complexity index is 741. The van der Waals surface area contributed by atoms with Gasteiger partial charge in [0.2, 0.25) is 5.88 Å². The van der Waals surface area contributed by atoms with E-state index in [-0.39, 0.29) is 12.1 Å². The van der Waals surface area contributed by atoms with Gasteiger partial charge in [0.1, 0.15) is 18.2 Å². The monoisotopic (exact) mass is 364 g/mol. The Morgan fingerprint density at radius 2 is 1.88 bits per heavy atom. The smallest absolute Gasteiger partial charge is 0.218 e. The summed E-state index contributed by atoms with van der Waals surface area (Å²) in [6, 6.07) is 7.01. The standard InChI is InChI=1S/C18H22F2N4O2/c1-21-18(24-12-14-10-15(19)5-6-16(14)20)23-11-13-4-3-7-22-17(13)26-9-8-25-2/h3-7,10H,8-9,11-12H2,1-2H3,(H2,21,23,24). The van der Waals surface area contributed by atoms with E-state index >= 15 is 0 Å². The van der Waals surface area contributed by atoms with Crippen molar-refractivity contribution >= 4 is 5.96 Å². The molecule has 0 aliphatic rings. The van der Waals surface area contributed by atoms with Crippen LogP contribution in [0.25, 0.3) is 0 Å². The van der Waals surface area contributed by atoms with Crippen LogP contribution in [0.1, 0.15) is 11.1 Å². The SMILES string of the molecule is CN=C(NCc1cc(F)ccc1F)NCc1cccnc1OCCOC. The summed E-state index contributed by atoms with van der Waals surface area (Å²) in [5, 5.41) is 6.04. The molecular weight excluding hydrogens is 342 g/mol. The lowest BCUT2D eigenvalue weighted by molar-refractivity contribution is 0.143. The average Bonchev–Trinajstić information content (AvgIpc) is 2.65. The number of nitrogens with one attached hydrogen (secondary N) is 2. The van der Waals surface area contributed by atoms with E-state index in [2.05, 4.69) is 20.6 Å². The molecule has 0 atom stereocenters. The quantitative estimate of drug-likeness (QED) is 0.427. The number of aliphatic imine (C=N–C) groups is 1. The maximum Gasteiger partial charge on any atom is 0.218 e. The van der Waals surface area contributed by atoms with Crippen LogP contribution in [0.3, 0.4) is 0 Å². The first-order chi connectivity index (χ1) is 12.6. The summed E-state index contributed by atoms with van der Waals surface area (Å²) in [5.41, 5.74) is 1.06. The molecule has 2 rings (SSSR count). The number of hydrogen-bond acceptors (Lipinski definition) is 4. The lowest BCUT2D eigenvalue weighted by Gasteiger charge is -2.14. The van der Waals surface area contributed by atoms with Gasteiger partial charge < -0.3 is 20.1 Å². The first-order valence-corrected chi connectivity index (χ1v) is 8.08. The van der Waals surface area contributed by atoms with Gasteiger partial charge in [-0.05, 0) is 24.3 Å². The molecule has 8 heteroatoms. The van der Waals surface area contributed by atoms with Gasteiger partial charge in [0.15, 0.2) is 5.96 Å². The van der Waals surface area contributed by atoms with Gasteiger partial charge in [-0.15, -0.1) is 0 Å². The van der Waals surface area contributed by atoms with Crippen LogP contribution in [0, 0.1) is 11.6 Å². The molecule has 140 valence electrons. The summed E-state index contributed by atoms with van der Waals surface area (Å²) in [6.07, 6.45) is 1.64. The summed E-state index contributed by atoms with van der Waals surface area (Å²) in [7, 11) is 3.19. The third kappa shape index (κ3) is 5.96. The third-order valence-corrected chi connectivity index (χ3v) is 3.50. The number of aromatic nitrogens is 1. The lowest BCUT2D eigenvalue weighted by Crippen LogP contribution is -2.36. The molecule has 0 amide bonds. The normalized spacial score (nSPS) is 11.3. The molecule has 0 bridgehead atoms. The highest BCUT2D eigenvalue weighted by Crippen LogP contribution is 2.14. The van der Waals surface area contributed by atoms with Gasteiger partial charge in [-0.2, -0.15) is 0 Å². The Hall–Kier alpha value is -2.74. The summed E-state index contributed by atoms with van der Waals surface area (Å²) in [4.78, 5) is 8.27. The molecule has 0 fully saturated rings. The van der Waals surface area contributed by atoms with Gasteiger partial charge in [-0.3, -0.25) is 4.99 Å². The van der Waals surface area contributed by atoms with Gasteiger partial charge in [0.05, 0.1) is 6.61 Å². The molecule has 0 aliphatic carbocycles. The maximum absolute atomic E-state index is 13.7. The number of pyridine rings is 1. The van der Waals surface area contributed by atoms with E-state index in [0.29, 0.717) is 31.6 Å². The molecule has 0 saturated heterocycles. The minimum Gasteiger partial charge on any atom is -0.475 e. The summed E-state index contributed by atoms with van der Waals surface area (Å²) >= 11 is 0. The molecule has 1 heterocycles. The van der Waals surface area contributed by atoms with Crippen molar-refractivity contribution < 1.29 is 18.3 Å². The van der Waals surface area contributed by atoms with E-state index in [9.17, 15) is 8.78 Å². The highest BCUT2D eigenvalue weighted by molar-refractivity contribution is 5.79. The molecule has 0 spiro atoms. The Kier molecular flexibility index (Phi) is 7.75. The molecule has 26 heavy (non-hydrogen) atoms. The molecule has 2 N–H and O–H groups in total. The Morgan fingerprint density at radius 3 is 2.62 bits per heavy atom. The van der Waals surface area contributed by atoms with Crippen LogP contribution in [0.2, 0.25) is 0 Å². The second kappa shape index (κ2) is 10.3. The number of rotatable bonds is 8. The van der Waals surface area contributed by atoms with E-state index in [4.69, 9.17) is 9.47 Å². The van der Waals surface area contributed by atoms with E-state index < -0.39 is 11.6 Å². The molecule has 0 unspecified atom stereocenters. The van der Waals surface area contributed by atoms with Gasteiger partial charge in [0.25, 0.3) is 0 Å². The van der Waals surface area contributed by atoms with Crippen LogP contribution in [-0.4, -0.2) is 38.3 Å². The molecule has 0 aliphatic heterocycles. The minimum atomic E-state index is -0.487. The molecule has 6 nitrogen and oxygen atoms in total. The number of nitrogens with zero attached hydrogens (tertiary/aromatic N) is 2. The summed E-state index contributed by atoms with van der Waals surface area (Å²) in [5.74, 6) is -0.0150. The van der Waals surface area contributed by atoms with Crippen molar-refractivity contribution in [3.05, 3.63) is 59.3 Å². The molecule has 1 aromatic carbocycles. The van der Waals surface area contributed by atoms with Gasteiger partial charge in [-0.25, -0.2) is 13.8 Å². The first kappa shape index (κ1) is 19.6. The van der Waals surface area contributed by atoms with Gasteiger partial charge in [0, 0.05) is 44.6 Å². The van der Waals surface area contributed by atoms with Gasteiger partial charge >= 0.3 is 0 Å². The maximum atomic E-state index is 13.7. The zero-order valence-corrected chi connectivity index (χ0v) is 14.8. The summed E-state index contributed by atoms with van der Waals surface area (Å²) in [6.45, 7) is 1.37. The molecular formula is C18H22F2N4O2. The minimum absolute atomic E-state index is 0.105. The van der Waals surface area contributed by atoms with Crippen molar-refractivity contribution in [2.75, 3.05) is 27.4 Å². The fourth-order valence-electron chi connectivity index (χ4n) is 2.17. The second-order valence-electron chi connectivity index (χ2n) is 5.32. The van der Waals surface area contributed by atoms with Crippen molar-refractivity contribution in [2.24, 2.45) is 4.99 Å². The molecule has 2 aromatic rings. The average molecular weight is 364 g/mol. The Balaban J connectivity index is 1.92. The fraction of sp³-hybridized carbons (Fsp3) is 0.333. The predicted molar refractivity (Wildman–Crippen MR) is 95.0 cm³/mol. The number of benzene rings is 1. The zero-order chi connectivity index (χ0) is 18.8. The van der Waals surface area contributed by atoms with Crippen LogP contribution in [-0.2, 0) is 17.8 Å². The largest absolute Gasteiger partial charge is 0.475 e. The second-order valence-corrected chi connectivity index (χ2v) is 5.32. The van der Waals surface area contributed by atoms with Crippen molar-refractivity contribution in [1.82, 2.24) is 15.6 Å². The van der Waals surface area contributed by atoms with Crippen LogP contribution < -0.4 is 15.4 Å². The van der Waals surface area contributed by atoms with Crippen LogP contribution in [0.4, 0.5) is 8.78 Å². The molecule has 0 saturated carbocycles. The highest BCUT2D eigenvalue weighted by Gasteiger charge is 2.08. The number of methoxy groups -OCH3 is 1. The topological polar surface area (TPSA) is 67.8 Å². The fourth-order valence-corrected chi connectivity index (χ4v) is 2.17. The molecule has 0 radical (unpaired) electrons. The number of guanidine groups is 1. The van der Waals surface area contributed by atoms with E-state index in [1.54, 1.807) is 26.4 Å². The lowest BCUT2D eigenvalue weighted by atomic mass is 10.2.